The second-order valence-electron chi connectivity index (χ2n) is 4.46. The van der Waals surface area contributed by atoms with Crippen LogP contribution < -0.4 is 5.32 Å². The predicted octanol–water partition coefficient (Wildman–Crippen LogP) is 2.83. The van der Waals surface area contributed by atoms with E-state index in [1.165, 1.54) is 32.1 Å². The van der Waals surface area contributed by atoms with Crippen molar-refractivity contribution >= 4 is 0 Å². The third-order valence-corrected chi connectivity index (χ3v) is 2.57. The molecule has 0 aromatic carbocycles. The Morgan fingerprint density at radius 3 is 2.36 bits per heavy atom. The summed E-state index contributed by atoms with van der Waals surface area (Å²) in [6.45, 7) is 5.49. The van der Waals surface area contributed by atoms with Gasteiger partial charge in [-0.05, 0) is 32.2 Å². The molecule has 0 saturated heterocycles. The van der Waals surface area contributed by atoms with E-state index >= 15 is 0 Å². The van der Waals surface area contributed by atoms with E-state index in [0.717, 1.165) is 12.5 Å². The molecular weight excluding hydrogens is 174 g/mol. The zero-order valence-electron chi connectivity index (χ0n) is 10.3. The Hall–Kier alpha value is -0.0800. The van der Waals surface area contributed by atoms with E-state index in [2.05, 4.69) is 26.2 Å². The summed E-state index contributed by atoms with van der Waals surface area (Å²) in [5.74, 6) is 0.798. The summed E-state index contributed by atoms with van der Waals surface area (Å²) in [6, 6.07) is 0.706. The molecule has 0 amide bonds. The van der Waals surface area contributed by atoms with Gasteiger partial charge in [-0.15, -0.1) is 0 Å². The van der Waals surface area contributed by atoms with Gasteiger partial charge in [0.15, 0.2) is 0 Å². The van der Waals surface area contributed by atoms with Crippen LogP contribution in [0.2, 0.25) is 0 Å². The maximum Gasteiger partial charge on any atom is 0.0462 e. The van der Waals surface area contributed by atoms with Crippen molar-refractivity contribution in [2.75, 3.05) is 20.8 Å². The number of hydrogen-bond donors (Lipinski definition) is 1. The molecule has 2 heteroatoms. The molecule has 0 aromatic heterocycles. The van der Waals surface area contributed by atoms with E-state index < -0.39 is 0 Å². The van der Waals surface area contributed by atoms with Crippen molar-refractivity contribution < 1.29 is 4.74 Å². The first-order chi connectivity index (χ1) is 6.70. The Morgan fingerprint density at radius 1 is 1.14 bits per heavy atom. The summed E-state index contributed by atoms with van der Waals surface area (Å²) in [4.78, 5) is 0. The standard InChI is InChI=1S/C12H27NO/c1-11(2)10-12(13-3)8-6-5-7-9-14-4/h11-13H,5-10H2,1-4H3. The van der Waals surface area contributed by atoms with Gasteiger partial charge in [-0.25, -0.2) is 0 Å². The van der Waals surface area contributed by atoms with Crippen LogP contribution in [0.1, 0.15) is 46.0 Å². The van der Waals surface area contributed by atoms with Crippen molar-refractivity contribution in [3.05, 3.63) is 0 Å². The minimum Gasteiger partial charge on any atom is -0.385 e. The van der Waals surface area contributed by atoms with Crippen LogP contribution in [0.15, 0.2) is 0 Å². The molecule has 0 rings (SSSR count). The smallest absolute Gasteiger partial charge is 0.0462 e. The zero-order valence-corrected chi connectivity index (χ0v) is 10.3. The fourth-order valence-corrected chi connectivity index (χ4v) is 1.76. The molecule has 0 fully saturated rings. The molecule has 0 bridgehead atoms. The van der Waals surface area contributed by atoms with Gasteiger partial charge in [0.25, 0.3) is 0 Å². The van der Waals surface area contributed by atoms with Crippen LogP contribution in [0, 0.1) is 5.92 Å². The van der Waals surface area contributed by atoms with Gasteiger partial charge >= 0.3 is 0 Å². The highest BCUT2D eigenvalue weighted by Crippen LogP contribution is 2.11. The summed E-state index contributed by atoms with van der Waals surface area (Å²) >= 11 is 0. The molecule has 0 aromatic rings. The van der Waals surface area contributed by atoms with Crippen molar-refractivity contribution in [2.24, 2.45) is 5.92 Å². The lowest BCUT2D eigenvalue weighted by atomic mass is 9.99. The van der Waals surface area contributed by atoms with Gasteiger partial charge in [-0.3, -0.25) is 0 Å². The number of methoxy groups -OCH3 is 1. The number of ether oxygens (including phenoxy) is 1. The lowest BCUT2D eigenvalue weighted by molar-refractivity contribution is 0.191. The first-order valence-corrected chi connectivity index (χ1v) is 5.87. The Morgan fingerprint density at radius 2 is 1.86 bits per heavy atom. The van der Waals surface area contributed by atoms with Crippen LogP contribution >= 0.6 is 0 Å². The summed E-state index contributed by atoms with van der Waals surface area (Å²) in [5, 5.41) is 3.39. The molecule has 0 aliphatic rings. The molecule has 14 heavy (non-hydrogen) atoms. The maximum absolute atomic E-state index is 5.02. The van der Waals surface area contributed by atoms with Crippen molar-refractivity contribution in [2.45, 2.75) is 52.0 Å². The van der Waals surface area contributed by atoms with E-state index in [1.807, 2.05) is 0 Å². The highest BCUT2D eigenvalue weighted by Gasteiger charge is 2.07. The fourth-order valence-electron chi connectivity index (χ4n) is 1.76. The summed E-state index contributed by atoms with van der Waals surface area (Å²) in [7, 11) is 3.84. The molecule has 0 radical (unpaired) electrons. The first kappa shape index (κ1) is 13.9. The Bertz CT molecular complexity index is 115. The van der Waals surface area contributed by atoms with Crippen LogP contribution in [0.25, 0.3) is 0 Å². The molecule has 0 aliphatic heterocycles. The largest absolute Gasteiger partial charge is 0.385 e. The molecule has 1 unspecified atom stereocenters. The van der Waals surface area contributed by atoms with E-state index in [-0.39, 0.29) is 0 Å². The normalized spacial score (nSPS) is 13.5. The van der Waals surface area contributed by atoms with Crippen molar-refractivity contribution in [3.8, 4) is 0 Å². The second-order valence-corrected chi connectivity index (χ2v) is 4.46. The van der Waals surface area contributed by atoms with Crippen LogP contribution in [0.3, 0.4) is 0 Å². The summed E-state index contributed by atoms with van der Waals surface area (Å²) in [6.07, 6.45) is 6.42. The third kappa shape index (κ3) is 8.52. The number of unbranched alkanes of at least 4 members (excludes halogenated alkanes) is 2. The SMILES string of the molecule is CNC(CCCCCOC)CC(C)C. The van der Waals surface area contributed by atoms with E-state index in [0.29, 0.717) is 6.04 Å². The molecule has 0 spiro atoms. The third-order valence-electron chi connectivity index (χ3n) is 2.57. The quantitative estimate of drug-likeness (QED) is 0.579. The van der Waals surface area contributed by atoms with Gasteiger partial charge in [0.05, 0.1) is 0 Å². The highest BCUT2D eigenvalue weighted by molar-refractivity contribution is 4.66. The van der Waals surface area contributed by atoms with Crippen molar-refractivity contribution in [3.63, 3.8) is 0 Å². The van der Waals surface area contributed by atoms with Gasteiger partial charge in [0, 0.05) is 19.8 Å². The predicted molar refractivity (Wildman–Crippen MR) is 62.6 cm³/mol. The van der Waals surface area contributed by atoms with Crippen LogP contribution in [0.4, 0.5) is 0 Å². The molecule has 1 atom stereocenters. The second kappa shape index (κ2) is 9.47. The van der Waals surface area contributed by atoms with Crippen molar-refractivity contribution in [1.82, 2.24) is 5.32 Å². The molecule has 0 heterocycles. The molecule has 1 N–H and O–H groups in total. The topological polar surface area (TPSA) is 21.3 Å². The van der Waals surface area contributed by atoms with Crippen LogP contribution in [-0.2, 0) is 4.74 Å². The molecule has 0 saturated carbocycles. The molecule has 86 valence electrons. The summed E-state index contributed by atoms with van der Waals surface area (Å²) in [5.41, 5.74) is 0. The average Bonchev–Trinajstić information content (AvgIpc) is 2.15. The molecular formula is C12H27NO. The number of nitrogens with one attached hydrogen (secondary N) is 1. The van der Waals surface area contributed by atoms with Gasteiger partial charge in [0.1, 0.15) is 0 Å². The number of hydrogen-bond acceptors (Lipinski definition) is 2. The summed E-state index contributed by atoms with van der Waals surface area (Å²) < 4.78 is 5.02. The monoisotopic (exact) mass is 201 g/mol. The Labute approximate surface area is 89.4 Å². The van der Waals surface area contributed by atoms with E-state index in [9.17, 15) is 0 Å². The molecule has 2 nitrogen and oxygen atoms in total. The highest BCUT2D eigenvalue weighted by atomic mass is 16.5. The van der Waals surface area contributed by atoms with E-state index in [4.69, 9.17) is 4.74 Å². The average molecular weight is 201 g/mol. The van der Waals surface area contributed by atoms with Gasteiger partial charge in [-0.1, -0.05) is 26.7 Å². The minimum atomic E-state index is 0.706. The van der Waals surface area contributed by atoms with E-state index in [1.54, 1.807) is 7.11 Å². The minimum absolute atomic E-state index is 0.706. The Kier molecular flexibility index (Phi) is 9.42. The first-order valence-electron chi connectivity index (χ1n) is 5.87. The lowest BCUT2D eigenvalue weighted by Crippen LogP contribution is -2.26. The zero-order chi connectivity index (χ0) is 10.8. The Balaban J connectivity index is 3.33. The maximum atomic E-state index is 5.02. The molecule has 0 aliphatic carbocycles. The fraction of sp³-hybridized carbons (Fsp3) is 1.00. The van der Waals surface area contributed by atoms with Crippen molar-refractivity contribution in [1.29, 1.82) is 0 Å². The van der Waals surface area contributed by atoms with Gasteiger partial charge in [-0.2, -0.15) is 0 Å². The lowest BCUT2D eigenvalue weighted by Gasteiger charge is -2.17. The van der Waals surface area contributed by atoms with Crippen LogP contribution in [-0.4, -0.2) is 26.8 Å². The van der Waals surface area contributed by atoms with Crippen LogP contribution in [0.5, 0.6) is 0 Å². The number of rotatable bonds is 9. The van der Waals surface area contributed by atoms with Gasteiger partial charge in [0.2, 0.25) is 0 Å². The van der Waals surface area contributed by atoms with Gasteiger partial charge < -0.3 is 10.1 Å².